The Morgan fingerprint density at radius 2 is 1.00 bits per heavy atom. The Hall–Kier alpha value is -3.33. The van der Waals surface area contributed by atoms with Crippen molar-refractivity contribution in [3.8, 4) is 0 Å². The molecule has 4 aromatic carbocycles. The van der Waals surface area contributed by atoms with Crippen LogP contribution in [0.15, 0.2) is 84.9 Å². The zero-order valence-corrected chi connectivity index (χ0v) is 16.1. The van der Waals surface area contributed by atoms with Crippen LogP contribution < -0.4 is 10.6 Å². The fraction of sp³-hybridized carbons (Fsp3) is 0.160. The highest BCUT2D eigenvalue weighted by Gasteiger charge is 2.15. The minimum atomic E-state index is -0.166. The Kier molecular flexibility index (Phi) is 4.98. The zero-order chi connectivity index (χ0) is 19.5. The molecule has 0 aromatic heterocycles. The highest BCUT2D eigenvalue weighted by atomic mass is 16.2. The molecule has 0 bridgehead atoms. The van der Waals surface area contributed by atoms with Crippen LogP contribution in [0, 0.1) is 0 Å². The first-order valence-electron chi connectivity index (χ1n) is 9.66. The van der Waals surface area contributed by atoms with Crippen LogP contribution in [0.5, 0.6) is 0 Å². The summed E-state index contributed by atoms with van der Waals surface area (Å²) in [4.78, 5) is 12.7. The van der Waals surface area contributed by atoms with Gasteiger partial charge >= 0.3 is 6.03 Å². The largest absolute Gasteiger partial charge is 0.332 e. The van der Waals surface area contributed by atoms with Gasteiger partial charge < -0.3 is 10.6 Å². The van der Waals surface area contributed by atoms with Crippen molar-refractivity contribution in [1.29, 1.82) is 0 Å². The molecule has 0 heterocycles. The van der Waals surface area contributed by atoms with Gasteiger partial charge in [-0.2, -0.15) is 0 Å². The number of benzene rings is 4. The fourth-order valence-corrected chi connectivity index (χ4v) is 3.85. The van der Waals surface area contributed by atoms with E-state index in [1.165, 1.54) is 21.5 Å². The predicted octanol–water partition coefficient (Wildman–Crippen LogP) is 6.11. The number of fused-ring (bicyclic) bond motifs is 2. The lowest BCUT2D eigenvalue weighted by atomic mass is 9.99. The Bertz CT molecular complexity index is 1040. The summed E-state index contributed by atoms with van der Waals surface area (Å²) in [5.41, 5.74) is 2.23. The van der Waals surface area contributed by atoms with E-state index in [0.717, 1.165) is 11.1 Å². The summed E-state index contributed by atoms with van der Waals surface area (Å²) in [6.07, 6.45) is 0. The molecule has 0 aliphatic rings. The second-order valence-electron chi connectivity index (χ2n) is 7.20. The maximum atomic E-state index is 12.7. The number of rotatable bonds is 4. The molecule has 3 nitrogen and oxygen atoms in total. The van der Waals surface area contributed by atoms with Crippen molar-refractivity contribution in [3.63, 3.8) is 0 Å². The van der Waals surface area contributed by atoms with Crippen LogP contribution in [0.3, 0.4) is 0 Å². The Labute approximate surface area is 165 Å². The van der Waals surface area contributed by atoms with Gasteiger partial charge in [0.25, 0.3) is 0 Å². The van der Waals surface area contributed by atoms with Crippen molar-refractivity contribution in [2.75, 3.05) is 0 Å². The predicted molar refractivity (Wildman–Crippen MR) is 116 cm³/mol. The third kappa shape index (κ3) is 3.56. The molecular weight excluding hydrogens is 344 g/mol. The molecular formula is C25H24N2O. The average Bonchev–Trinajstić information content (AvgIpc) is 2.72. The van der Waals surface area contributed by atoms with Gasteiger partial charge in [0.05, 0.1) is 12.1 Å². The molecule has 0 saturated carbocycles. The molecule has 4 aromatic rings. The normalized spacial score (nSPS) is 13.2. The second-order valence-corrected chi connectivity index (χ2v) is 7.20. The molecule has 0 radical (unpaired) electrons. The Morgan fingerprint density at radius 1 is 0.607 bits per heavy atom. The highest BCUT2D eigenvalue weighted by molar-refractivity contribution is 5.88. The second kappa shape index (κ2) is 7.73. The van der Waals surface area contributed by atoms with Crippen LogP contribution in [-0.2, 0) is 0 Å². The van der Waals surface area contributed by atoms with Crippen LogP contribution in [0.4, 0.5) is 4.79 Å². The van der Waals surface area contributed by atoms with Crippen LogP contribution in [-0.4, -0.2) is 6.03 Å². The lowest BCUT2D eigenvalue weighted by molar-refractivity contribution is 0.235. The van der Waals surface area contributed by atoms with Crippen molar-refractivity contribution >= 4 is 27.6 Å². The molecule has 0 spiro atoms. The van der Waals surface area contributed by atoms with Gasteiger partial charge in [-0.1, -0.05) is 84.9 Å². The summed E-state index contributed by atoms with van der Waals surface area (Å²) in [6.45, 7) is 4.04. The molecule has 2 N–H and O–H groups in total. The molecule has 0 fully saturated rings. The number of nitrogens with one attached hydrogen (secondary N) is 2. The summed E-state index contributed by atoms with van der Waals surface area (Å²) in [7, 11) is 0. The quantitative estimate of drug-likeness (QED) is 0.448. The lowest BCUT2D eigenvalue weighted by Crippen LogP contribution is -2.38. The van der Waals surface area contributed by atoms with E-state index in [4.69, 9.17) is 0 Å². The average molecular weight is 368 g/mol. The summed E-state index contributed by atoms with van der Waals surface area (Å²) in [6, 6.07) is 28.5. The number of urea groups is 1. The number of amides is 2. The molecule has 4 rings (SSSR count). The summed E-state index contributed by atoms with van der Waals surface area (Å²) in [5, 5.41) is 10.9. The van der Waals surface area contributed by atoms with Gasteiger partial charge in [0.1, 0.15) is 0 Å². The SMILES string of the molecule is CC(NC(=O)NC(C)c1cccc2ccccc12)c1cccc2ccccc12. The number of carbonyl (C=O) groups is 1. The van der Waals surface area contributed by atoms with Gasteiger partial charge in [0, 0.05) is 0 Å². The zero-order valence-electron chi connectivity index (χ0n) is 16.1. The van der Waals surface area contributed by atoms with E-state index in [-0.39, 0.29) is 18.1 Å². The summed E-state index contributed by atoms with van der Waals surface area (Å²) in [5.74, 6) is 0. The first kappa shape index (κ1) is 18.1. The number of hydrogen-bond donors (Lipinski definition) is 2. The van der Waals surface area contributed by atoms with Crippen molar-refractivity contribution < 1.29 is 4.79 Å². The first-order chi connectivity index (χ1) is 13.6. The number of hydrogen-bond acceptors (Lipinski definition) is 1. The maximum Gasteiger partial charge on any atom is 0.315 e. The van der Waals surface area contributed by atoms with Gasteiger partial charge in [-0.3, -0.25) is 0 Å². The smallest absolute Gasteiger partial charge is 0.315 e. The van der Waals surface area contributed by atoms with Gasteiger partial charge in [-0.05, 0) is 46.5 Å². The van der Waals surface area contributed by atoms with E-state index in [1.807, 2.05) is 50.2 Å². The molecule has 0 aliphatic heterocycles. The Morgan fingerprint density at radius 3 is 1.46 bits per heavy atom. The van der Waals surface area contributed by atoms with E-state index in [2.05, 4.69) is 59.2 Å². The minimum absolute atomic E-state index is 0.0918. The monoisotopic (exact) mass is 368 g/mol. The van der Waals surface area contributed by atoms with Crippen LogP contribution in [0.1, 0.15) is 37.1 Å². The van der Waals surface area contributed by atoms with Crippen LogP contribution in [0.25, 0.3) is 21.5 Å². The minimum Gasteiger partial charge on any atom is -0.332 e. The van der Waals surface area contributed by atoms with E-state index < -0.39 is 0 Å². The van der Waals surface area contributed by atoms with E-state index in [0.29, 0.717) is 0 Å². The third-order valence-corrected chi connectivity index (χ3v) is 5.27. The van der Waals surface area contributed by atoms with Crippen LogP contribution >= 0.6 is 0 Å². The first-order valence-corrected chi connectivity index (χ1v) is 9.66. The van der Waals surface area contributed by atoms with Crippen LogP contribution in [0.2, 0.25) is 0 Å². The van der Waals surface area contributed by atoms with Gasteiger partial charge in [0.15, 0.2) is 0 Å². The van der Waals surface area contributed by atoms with Crippen molar-refractivity contribution in [1.82, 2.24) is 10.6 Å². The lowest BCUT2D eigenvalue weighted by Gasteiger charge is -2.21. The van der Waals surface area contributed by atoms with Crippen molar-refractivity contribution in [2.45, 2.75) is 25.9 Å². The molecule has 3 heteroatoms. The van der Waals surface area contributed by atoms with Gasteiger partial charge in [-0.25, -0.2) is 4.79 Å². The molecule has 28 heavy (non-hydrogen) atoms. The van der Waals surface area contributed by atoms with E-state index in [9.17, 15) is 4.79 Å². The summed E-state index contributed by atoms with van der Waals surface area (Å²) >= 11 is 0. The maximum absolute atomic E-state index is 12.7. The molecule has 2 amide bonds. The standard InChI is InChI=1S/C25H24N2O/c1-17(21-15-7-11-19-9-3-5-13-23(19)21)26-25(28)27-18(2)22-16-8-12-20-10-4-6-14-24(20)22/h3-18H,1-2H3,(H2,26,27,28). The molecule has 0 saturated heterocycles. The molecule has 140 valence electrons. The topological polar surface area (TPSA) is 41.1 Å². The molecule has 0 aliphatic carbocycles. The number of carbonyl (C=O) groups excluding carboxylic acids is 1. The van der Waals surface area contributed by atoms with E-state index in [1.54, 1.807) is 0 Å². The summed E-state index contributed by atoms with van der Waals surface area (Å²) < 4.78 is 0. The van der Waals surface area contributed by atoms with E-state index >= 15 is 0 Å². The highest BCUT2D eigenvalue weighted by Crippen LogP contribution is 2.25. The Balaban J connectivity index is 1.50. The molecule has 2 atom stereocenters. The fourth-order valence-electron chi connectivity index (χ4n) is 3.85. The van der Waals surface area contributed by atoms with Gasteiger partial charge in [-0.15, -0.1) is 0 Å². The van der Waals surface area contributed by atoms with Crippen molar-refractivity contribution in [2.24, 2.45) is 0 Å². The van der Waals surface area contributed by atoms with Gasteiger partial charge in [0.2, 0.25) is 0 Å². The van der Waals surface area contributed by atoms with Crippen molar-refractivity contribution in [3.05, 3.63) is 96.1 Å². The molecule has 2 unspecified atom stereocenters. The third-order valence-electron chi connectivity index (χ3n) is 5.27.